The van der Waals surface area contributed by atoms with Gasteiger partial charge in [0.05, 0.1) is 12.9 Å². The third-order valence-corrected chi connectivity index (χ3v) is 5.61. The highest BCUT2D eigenvalue weighted by Crippen LogP contribution is 2.24. The molecule has 1 heterocycles. The molecule has 162 valence electrons. The van der Waals surface area contributed by atoms with E-state index in [-0.39, 0.29) is 17.5 Å². The monoisotopic (exact) mass is 448 g/mol. The van der Waals surface area contributed by atoms with Crippen LogP contribution in [-0.2, 0) is 11.2 Å². The molecule has 8 heteroatoms. The minimum absolute atomic E-state index is 0.141. The molecule has 0 unspecified atom stereocenters. The summed E-state index contributed by atoms with van der Waals surface area (Å²) in [5.74, 6) is 1.01. The van der Waals surface area contributed by atoms with Crippen molar-refractivity contribution in [3.8, 4) is 11.4 Å². The molecule has 1 aromatic heterocycles. The summed E-state index contributed by atoms with van der Waals surface area (Å²) in [6.45, 7) is 0. The molecule has 0 aliphatic rings. The van der Waals surface area contributed by atoms with Crippen molar-refractivity contribution in [2.45, 2.75) is 11.6 Å². The molecule has 0 saturated heterocycles. The van der Waals surface area contributed by atoms with E-state index >= 15 is 0 Å². The second-order valence-electron chi connectivity index (χ2n) is 6.94. The Morgan fingerprint density at radius 3 is 2.56 bits per heavy atom. The molecule has 0 radical (unpaired) electrons. The van der Waals surface area contributed by atoms with Crippen LogP contribution in [0.1, 0.15) is 11.4 Å². The summed E-state index contributed by atoms with van der Waals surface area (Å²) in [7, 11) is 1.58. The number of hydrogen-bond donors (Lipinski definition) is 1. The maximum Gasteiger partial charge on any atom is 0.234 e. The van der Waals surface area contributed by atoms with E-state index in [4.69, 9.17) is 4.74 Å². The summed E-state index contributed by atoms with van der Waals surface area (Å²) in [4.78, 5) is 12.5. The number of halogens is 1. The van der Waals surface area contributed by atoms with Crippen molar-refractivity contribution >= 4 is 23.4 Å². The Hall–Kier alpha value is -3.65. The first-order valence-corrected chi connectivity index (χ1v) is 10.9. The molecule has 0 saturated carbocycles. The predicted octanol–water partition coefficient (Wildman–Crippen LogP) is 4.74. The molecule has 0 aliphatic heterocycles. The Balaban J connectivity index is 1.53. The number of amides is 1. The van der Waals surface area contributed by atoms with Crippen LogP contribution < -0.4 is 10.1 Å². The van der Waals surface area contributed by atoms with Gasteiger partial charge in [0.25, 0.3) is 0 Å². The largest absolute Gasteiger partial charge is 0.497 e. The molecule has 32 heavy (non-hydrogen) atoms. The molecule has 0 aliphatic carbocycles. The van der Waals surface area contributed by atoms with Crippen LogP contribution in [0.5, 0.6) is 5.75 Å². The Kier molecular flexibility index (Phi) is 6.81. The number of carbonyl (C=O) groups excluding carboxylic acids is 1. The van der Waals surface area contributed by atoms with Gasteiger partial charge in [0.15, 0.2) is 5.16 Å². The topological polar surface area (TPSA) is 69.0 Å². The molecule has 4 aromatic rings. The van der Waals surface area contributed by atoms with Crippen molar-refractivity contribution in [3.05, 3.63) is 96.1 Å². The van der Waals surface area contributed by atoms with Gasteiger partial charge >= 0.3 is 0 Å². The summed E-state index contributed by atoms with van der Waals surface area (Å²) < 4.78 is 20.5. The molecule has 0 fully saturated rings. The molecule has 1 amide bonds. The van der Waals surface area contributed by atoms with Crippen molar-refractivity contribution < 1.29 is 13.9 Å². The van der Waals surface area contributed by atoms with Crippen molar-refractivity contribution in [2.75, 3.05) is 18.2 Å². The molecule has 0 atom stereocenters. The smallest absolute Gasteiger partial charge is 0.234 e. The number of rotatable bonds is 8. The summed E-state index contributed by atoms with van der Waals surface area (Å²) in [6, 6.07) is 23.2. The number of thioether (sulfide) groups is 1. The maximum atomic E-state index is 13.5. The maximum absolute atomic E-state index is 13.5. The van der Waals surface area contributed by atoms with Crippen LogP contribution in [-0.4, -0.2) is 33.5 Å². The van der Waals surface area contributed by atoms with Crippen molar-refractivity contribution in [2.24, 2.45) is 0 Å². The van der Waals surface area contributed by atoms with Crippen LogP contribution >= 0.6 is 11.8 Å². The fraction of sp³-hybridized carbons (Fsp3) is 0.125. The van der Waals surface area contributed by atoms with E-state index in [1.54, 1.807) is 31.4 Å². The Morgan fingerprint density at radius 2 is 1.81 bits per heavy atom. The highest BCUT2D eigenvalue weighted by Gasteiger charge is 2.16. The lowest BCUT2D eigenvalue weighted by Crippen LogP contribution is -2.14. The Bertz CT molecular complexity index is 1200. The fourth-order valence-electron chi connectivity index (χ4n) is 3.16. The third-order valence-electron chi connectivity index (χ3n) is 4.68. The van der Waals surface area contributed by atoms with Gasteiger partial charge in [0.2, 0.25) is 5.91 Å². The first-order chi connectivity index (χ1) is 15.6. The van der Waals surface area contributed by atoms with Gasteiger partial charge < -0.3 is 10.1 Å². The second kappa shape index (κ2) is 10.1. The zero-order chi connectivity index (χ0) is 22.3. The van der Waals surface area contributed by atoms with E-state index in [0.717, 1.165) is 11.3 Å². The third kappa shape index (κ3) is 5.33. The Morgan fingerprint density at radius 1 is 1.03 bits per heavy atom. The zero-order valence-corrected chi connectivity index (χ0v) is 18.2. The average Bonchev–Trinajstić information content (AvgIpc) is 3.21. The van der Waals surface area contributed by atoms with E-state index in [9.17, 15) is 9.18 Å². The van der Waals surface area contributed by atoms with E-state index < -0.39 is 0 Å². The van der Waals surface area contributed by atoms with E-state index in [2.05, 4.69) is 15.5 Å². The molecule has 4 rings (SSSR count). The summed E-state index contributed by atoms with van der Waals surface area (Å²) >= 11 is 1.27. The Labute approximate surface area is 189 Å². The summed E-state index contributed by atoms with van der Waals surface area (Å²) in [6.07, 6.45) is 0.557. The van der Waals surface area contributed by atoms with Gasteiger partial charge in [0.1, 0.15) is 17.4 Å². The van der Waals surface area contributed by atoms with Gasteiger partial charge in [-0.3, -0.25) is 9.36 Å². The molecule has 6 nitrogen and oxygen atoms in total. The van der Waals surface area contributed by atoms with Crippen LogP contribution in [0.3, 0.4) is 0 Å². The predicted molar refractivity (Wildman–Crippen MR) is 123 cm³/mol. The number of anilines is 1. The molecule has 0 bridgehead atoms. The first-order valence-electron chi connectivity index (χ1n) is 9.93. The number of hydrogen-bond acceptors (Lipinski definition) is 5. The van der Waals surface area contributed by atoms with Crippen molar-refractivity contribution in [1.82, 2.24) is 14.8 Å². The number of benzene rings is 3. The molecule has 3 aromatic carbocycles. The lowest BCUT2D eigenvalue weighted by Gasteiger charge is -2.11. The average molecular weight is 449 g/mol. The normalized spacial score (nSPS) is 10.7. The first kappa shape index (κ1) is 21.6. The van der Waals surface area contributed by atoms with Crippen LogP contribution in [0.4, 0.5) is 10.1 Å². The van der Waals surface area contributed by atoms with Crippen LogP contribution in [0.15, 0.2) is 84.0 Å². The minimum Gasteiger partial charge on any atom is -0.497 e. The van der Waals surface area contributed by atoms with Crippen LogP contribution in [0.2, 0.25) is 0 Å². The van der Waals surface area contributed by atoms with Gasteiger partial charge in [-0.2, -0.15) is 0 Å². The summed E-state index contributed by atoms with van der Waals surface area (Å²) in [5, 5.41) is 12.1. The minimum atomic E-state index is -0.321. The van der Waals surface area contributed by atoms with Gasteiger partial charge in [-0.05, 0) is 42.0 Å². The number of nitrogens with one attached hydrogen (secondary N) is 1. The number of methoxy groups -OCH3 is 1. The number of carbonyl (C=O) groups is 1. The van der Waals surface area contributed by atoms with E-state index in [1.165, 1.54) is 23.9 Å². The van der Waals surface area contributed by atoms with E-state index in [0.29, 0.717) is 28.8 Å². The summed E-state index contributed by atoms with van der Waals surface area (Å²) in [5.41, 5.74) is 2.47. The van der Waals surface area contributed by atoms with Gasteiger partial charge in [-0.15, -0.1) is 10.2 Å². The van der Waals surface area contributed by atoms with E-state index in [1.807, 2.05) is 47.0 Å². The number of aromatic nitrogens is 3. The lowest BCUT2D eigenvalue weighted by atomic mass is 10.1. The quantitative estimate of drug-likeness (QED) is 0.395. The van der Waals surface area contributed by atoms with Crippen molar-refractivity contribution in [1.29, 1.82) is 0 Å². The van der Waals surface area contributed by atoms with Crippen molar-refractivity contribution in [3.63, 3.8) is 0 Å². The standard InChI is InChI=1S/C24H21FN4O2S/c1-31-21-9-5-8-19(15-21)26-23(30)16-32-24-28-27-22(14-17-6-3-2-4-7-17)29(24)20-12-10-18(25)11-13-20/h2-13,15H,14,16H2,1H3,(H,26,30). The van der Waals surface area contributed by atoms with Crippen LogP contribution in [0, 0.1) is 5.82 Å². The molecular formula is C24H21FN4O2S. The highest BCUT2D eigenvalue weighted by atomic mass is 32.2. The van der Waals surface area contributed by atoms with Gasteiger partial charge in [0, 0.05) is 23.9 Å². The molecule has 0 spiro atoms. The zero-order valence-electron chi connectivity index (χ0n) is 17.4. The van der Waals surface area contributed by atoms with Gasteiger partial charge in [-0.25, -0.2) is 4.39 Å². The SMILES string of the molecule is COc1cccc(NC(=O)CSc2nnc(Cc3ccccc3)n2-c2ccc(F)cc2)c1. The number of ether oxygens (including phenoxy) is 1. The fourth-order valence-corrected chi connectivity index (χ4v) is 3.94. The second-order valence-corrected chi connectivity index (χ2v) is 7.88. The molecular weight excluding hydrogens is 427 g/mol. The highest BCUT2D eigenvalue weighted by molar-refractivity contribution is 7.99. The lowest BCUT2D eigenvalue weighted by molar-refractivity contribution is -0.113. The number of nitrogens with zero attached hydrogens (tertiary/aromatic N) is 3. The molecule has 1 N–H and O–H groups in total. The van der Waals surface area contributed by atoms with Gasteiger partial charge in [-0.1, -0.05) is 48.2 Å². The van der Waals surface area contributed by atoms with Crippen LogP contribution in [0.25, 0.3) is 5.69 Å².